The second kappa shape index (κ2) is 11.8. The Morgan fingerprint density at radius 3 is 2.73 bits per heavy atom. The van der Waals surface area contributed by atoms with Crippen molar-refractivity contribution in [3.05, 3.63) is 64.7 Å². The highest BCUT2D eigenvalue weighted by Crippen LogP contribution is 2.48. The summed E-state index contributed by atoms with van der Waals surface area (Å²) in [5.74, 6) is 1.15. The molecule has 4 aliphatic heterocycles. The summed E-state index contributed by atoms with van der Waals surface area (Å²) in [5.41, 5.74) is 2.46. The molecule has 0 aliphatic carbocycles. The van der Waals surface area contributed by atoms with E-state index in [2.05, 4.69) is 16.0 Å². The van der Waals surface area contributed by atoms with Gasteiger partial charge in [-0.3, -0.25) is 14.5 Å². The summed E-state index contributed by atoms with van der Waals surface area (Å²) in [6.07, 6.45) is 2.38. The van der Waals surface area contributed by atoms with E-state index >= 15 is 0 Å². The highest BCUT2D eigenvalue weighted by Gasteiger charge is 2.52. The summed E-state index contributed by atoms with van der Waals surface area (Å²) in [4.78, 5) is 43.6. The lowest BCUT2D eigenvalue weighted by Crippen LogP contribution is -2.62. The molecule has 0 aromatic heterocycles. The third-order valence-electron chi connectivity index (χ3n) is 8.13. The number of hydrogen-bond acceptors (Lipinski definition) is 7. The van der Waals surface area contributed by atoms with Gasteiger partial charge in [0, 0.05) is 43.5 Å². The van der Waals surface area contributed by atoms with Crippen molar-refractivity contribution in [3.63, 3.8) is 0 Å². The number of rotatable bonds is 7. The molecule has 4 heterocycles. The Balaban J connectivity index is 1.20. The second-order valence-corrected chi connectivity index (χ2v) is 12.0. The van der Waals surface area contributed by atoms with E-state index in [0.29, 0.717) is 29.4 Å². The first-order valence-electron chi connectivity index (χ1n) is 14.1. The van der Waals surface area contributed by atoms with E-state index in [0.717, 1.165) is 42.8 Å². The molecule has 3 saturated heterocycles. The molecule has 0 bridgehead atoms. The molecule has 6 rings (SSSR count). The number of nitrogens with zero attached hydrogens (tertiary/aromatic N) is 2. The van der Waals surface area contributed by atoms with E-state index in [9.17, 15) is 14.4 Å². The minimum atomic E-state index is -0.233. The van der Waals surface area contributed by atoms with Crippen molar-refractivity contribution in [2.75, 3.05) is 38.3 Å². The lowest BCUT2D eigenvalue weighted by molar-refractivity contribution is -0.137. The monoisotopic (exact) mass is 577 g/mol. The van der Waals surface area contributed by atoms with Gasteiger partial charge in [-0.25, -0.2) is 4.79 Å². The number of benzene rings is 2. The van der Waals surface area contributed by atoms with E-state index in [1.165, 1.54) is 18.9 Å². The number of nitrogens with one attached hydrogen (secondary N) is 3. The number of ether oxygens (including phenoxy) is 2. The highest BCUT2D eigenvalue weighted by molar-refractivity contribution is 8.04. The number of anilines is 1. The number of hydrogen-bond donors (Lipinski definition) is 3. The highest BCUT2D eigenvalue weighted by atomic mass is 32.2. The molecule has 11 heteroatoms. The lowest BCUT2D eigenvalue weighted by atomic mass is 9.86. The summed E-state index contributed by atoms with van der Waals surface area (Å²) in [6.45, 7) is 3.89. The van der Waals surface area contributed by atoms with Gasteiger partial charge in [-0.05, 0) is 68.6 Å². The topological polar surface area (TPSA) is 112 Å². The van der Waals surface area contributed by atoms with Gasteiger partial charge in [0.1, 0.15) is 18.1 Å². The van der Waals surface area contributed by atoms with Crippen molar-refractivity contribution >= 4 is 35.3 Å². The number of methoxy groups -OCH3 is 1. The largest absolute Gasteiger partial charge is 0.457 e. The fraction of sp³-hybridized carbons (Fsp3) is 0.433. The van der Waals surface area contributed by atoms with Crippen molar-refractivity contribution in [2.24, 2.45) is 5.92 Å². The van der Waals surface area contributed by atoms with E-state index in [1.54, 1.807) is 4.90 Å². The Hall–Kier alpha value is -3.54. The van der Waals surface area contributed by atoms with Crippen LogP contribution in [0.2, 0.25) is 0 Å². The molecule has 3 fully saturated rings. The zero-order valence-corrected chi connectivity index (χ0v) is 24.0. The SMILES string of the molecule is COCC(=O)N1CCC[C@@H](NC(=O)C2=C3NC(=O)N(c4ccc(Oc5ccccc5)cc4C)C4CCNC(S2)C34)C1. The van der Waals surface area contributed by atoms with Crippen LogP contribution in [0.15, 0.2) is 59.1 Å². The summed E-state index contributed by atoms with van der Waals surface area (Å²) in [5, 5.41) is 9.75. The molecule has 10 nitrogen and oxygen atoms in total. The average Bonchev–Trinajstić information content (AvgIpc) is 3.34. The molecule has 216 valence electrons. The normalized spacial score (nSPS) is 25.5. The Bertz CT molecular complexity index is 1370. The number of aryl methyl sites for hydroxylation is 1. The maximum absolute atomic E-state index is 13.6. The minimum absolute atomic E-state index is 0.0141. The quantitative estimate of drug-likeness (QED) is 0.463. The van der Waals surface area contributed by atoms with Crippen molar-refractivity contribution in [1.29, 1.82) is 0 Å². The number of urea groups is 1. The molecule has 2 aromatic rings. The van der Waals surface area contributed by atoms with Crippen LogP contribution in [0.4, 0.5) is 10.5 Å². The molecule has 3 unspecified atom stereocenters. The average molecular weight is 578 g/mol. The third-order valence-corrected chi connectivity index (χ3v) is 9.49. The molecule has 4 aliphatic rings. The van der Waals surface area contributed by atoms with Crippen LogP contribution in [0, 0.1) is 12.8 Å². The molecule has 0 radical (unpaired) electrons. The van der Waals surface area contributed by atoms with E-state index < -0.39 is 0 Å². The fourth-order valence-corrected chi connectivity index (χ4v) is 7.67. The van der Waals surface area contributed by atoms with Crippen LogP contribution in [0.25, 0.3) is 0 Å². The molecule has 0 spiro atoms. The van der Waals surface area contributed by atoms with Gasteiger partial charge in [0.25, 0.3) is 5.91 Å². The van der Waals surface area contributed by atoms with Gasteiger partial charge in [-0.1, -0.05) is 30.0 Å². The summed E-state index contributed by atoms with van der Waals surface area (Å²) >= 11 is 1.48. The van der Waals surface area contributed by atoms with Crippen molar-refractivity contribution in [1.82, 2.24) is 20.9 Å². The van der Waals surface area contributed by atoms with Gasteiger partial charge in [0.05, 0.1) is 16.3 Å². The lowest BCUT2D eigenvalue weighted by Gasteiger charge is -2.46. The first-order chi connectivity index (χ1) is 19.9. The number of carbonyl (C=O) groups excluding carboxylic acids is 3. The molecule has 4 atom stereocenters. The Labute approximate surface area is 243 Å². The molecule has 2 aromatic carbocycles. The van der Waals surface area contributed by atoms with Crippen LogP contribution in [-0.4, -0.2) is 73.6 Å². The predicted octanol–water partition coefficient (Wildman–Crippen LogP) is 3.33. The Kier molecular flexibility index (Phi) is 7.92. The predicted molar refractivity (Wildman–Crippen MR) is 157 cm³/mol. The van der Waals surface area contributed by atoms with Gasteiger partial charge in [0.15, 0.2) is 0 Å². The number of amides is 4. The van der Waals surface area contributed by atoms with E-state index in [-0.39, 0.29) is 47.8 Å². The first-order valence-corrected chi connectivity index (χ1v) is 15.0. The molecular formula is C30H35N5O5S. The van der Waals surface area contributed by atoms with Crippen molar-refractivity contribution < 1.29 is 23.9 Å². The zero-order valence-electron chi connectivity index (χ0n) is 23.2. The fourth-order valence-electron chi connectivity index (χ4n) is 6.28. The Morgan fingerprint density at radius 1 is 1.12 bits per heavy atom. The number of thioether (sulfide) groups is 1. The van der Waals surface area contributed by atoms with Crippen LogP contribution in [0.5, 0.6) is 11.5 Å². The maximum Gasteiger partial charge on any atom is 0.326 e. The Morgan fingerprint density at radius 2 is 1.95 bits per heavy atom. The van der Waals surface area contributed by atoms with Gasteiger partial charge in [-0.15, -0.1) is 0 Å². The van der Waals surface area contributed by atoms with Gasteiger partial charge in [-0.2, -0.15) is 0 Å². The van der Waals surface area contributed by atoms with Crippen LogP contribution in [0.3, 0.4) is 0 Å². The summed E-state index contributed by atoms with van der Waals surface area (Å²) < 4.78 is 11.0. The minimum Gasteiger partial charge on any atom is -0.457 e. The van der Waals surface area contributed by atoms with E-state index in [4.69, 9.17) is 9.47 Å². The summed E-state index contributed by atoms with van der Waals surface area (Å²) in [6, 6.07) is 14.9. The molecule has 41 heavy (non-hydrogen) atoms. The zero-order chi connectivity index (χ0) is 28.5. The van der Waals surface area contributed by atoms with Crippen LogP contribution >= 0.6 is 11.8 Å². The van der Waals surface area contributed by atoms with Gasteiger partial charge < -0.3 is 30.3 Å². The van der Waals surface area contributed by atoms with Crippen molar-refractivity contribution in [3.8, 4) is 11.5 Å². The van der Waals surface area contributed by atoms with Crippen molar-refractivity contribution in [2.45, 2.75) is 43.6 Å². The number of para-hydroxylation sites is 1. The van der Waals surface area contributed by atoms with Crippen LogP contribution in [0.1, 0.15) is 24.8 Å². The second-order valence-electron chi connectivity index (χ2n) is 10.9. The third kappa shape index (κ3) is 5.53. The van der Waals surface area contributed by atoms with E-state index in [1.807, 2.05) is 60.4 Å². The van der Waals surface area contributed by atoms with Crippen LogP contribution < -0.4 is 25.6 Å². The maximum atomic E-state index is 13.6. The number of likely N-dealkylation sites (tertiary alicyclic amines) is 1. The number of piperidine rings is 2. The first kappa shape index (κ1) is 27.6. The molecular weight excluding hydrogens is 542 g/mol. The smallest absolute Gasteiger partial charge is 0.326 e. The summed E-state index contributed by atoms with van der Waals surface area (Å²) in [7, 11) is 1.50. The van der Waals surface area contributed by atoms with Gasteiger partial charge >= 0.3 is 6.03 Å². The number of carbonyl (C=O) groups is 3. The molecule has 3 N–H and O–H groups in total. The molecule has 0 saturated carbocycles. The van der Waals surface area contributed by atoms with Gasteiger partial charge in [0.2, 0.25) is 5.91 Å². The standard InChI is InChI=1S/C30H35N5O5S/c1-18-15-21(40-20-8-4-3-5-9-20)10-11-22(18)35-23-12-13-31-29-25(23)26(33-30(35)38)27(41-29)28(37)32-19-7-6-14-34(16-19)24(36)17-39-2/h3-5,8-11,15,19,23,25,29,31H,6-7,12-14,16-17H2,1-2H3,(H,32,37)(H,33,38)/t19-,23?,25?,29?/m1/s1. The van der Waals surface area contributed by atoms with Crippen LogP contribution in [-0.2, 0) is 14.3 Å². The molecule has 4 amide bonds.